The van der Waals surface area contributed by atoms with E-state index in [2.05, 4.69) is 20.1 Å². The Hall–Kier alpha value is -3.72. The van der Waals surface area contributed by atoms with Gasteiger partial charge in [0.05, 0.1) is 25.9 Å². The first kappa shape index (κ1) is 31.8. The van der Waals surface area contributed by atoms with E-state index in [9.17, 15) is 28.0 Å². The first-order valence-electron chi connectivity index (χ1n) is 12.1. The van der Waals surface area contributed by atoms with Crippen LogP contribution in [0.5, 0.6) is 0 Å². The van der Waals surface area contributed by atoms with E-state index in [0.717, 1.165) is 21.7 Å². The predicted molar refractivity (Wildman–Crippen MR) is 142 cm³/mol. The molecule has 13 nitrogen and oxygen atoms in total. The molecule has 222 valence electrons. The van der Waals surface area contributed by atoms with Crippen LogP contribution in [0.25, 0.3) is 10.8 Å². The number of nitrogens with one attached hydrogen (secondary N) is 2. The van der Waals surface area contributed by atoms with Crippen molar-refractivity contribution in [1.82, 2.24) is 15.2 Å². The van der Waals surface area contributed by atoms with Crippen LogP contribution in [0.1, 0.15) is 5.56 Å². The van der Waals surface area contributed by atoms with Crippen molar-refractivity contribution in [2.75, 3.05) is 38.8 Å². The number of phosphoric ester groups is 1. The highest BCUT2D eigenvalue weighted by atomic mass is 31.2. The van der Waals surface area contributed by atoms with Gasteiger partial charge in [-0.2, -0.15) is 0 Å². The van der Waals surface area contributed by atoms with E-state index in [-0.39, 0.29) is 24.5 Å². The average molecular weight is 598 g/mol. The van der Waals surface area contributed by atoms with Gasteiger partial charge in [-0.1, -0.05) is 36.4 Å². The molecule has 41 heavy (non-hydrogen) atoms. The number of aliphatic hydroxyl groups is 1. The van der Waals surface area contributed by atoms with Crippen LogP contribution in [0.3, 0.4) is 0 Å². The molecule has 0 aliphatic rings. The number of benzene rings is 2. The molecule has 1 heterocycles. The number of urea groups is 1. The van der Waals surface area contributed by atoms with Crippen molar-refractivity contribution in [2.24, 2.45) is 0 Å². The lowest BCUT2D eigenvalue weighted by Gasteiger charge is -2.28. The summed E-state index contributed by atoms with van der Waals surface area (Å²) in [4.78, 5) is 47.9. The summed E-state index contributed by atoms with van der Waals surface area (Å²) < 4.78 is 53.0. The second kappa shape index (κ2) is 14.8. The van der Waals surface area contributed by atoms with Gasteiger partial charge in [0.15, 0.2) is 11.6 Å². The molecule has 0 spiro atoms. The topological polar surface area (TPSA) is 180 Å². The number of aromatic nitrogens is 1. The van der Waals surface area contributed by atoms with Crippen LogP contribution in [0.4, 0.5) is 24.2 Å². The van der Waals surface area contributed by atoms with Crippen LogP contribution < -0.4 is 10.6 Å². The van der Waals surface area contributed by atoms with Gasteiger partial charge in [-0.15, -0.1) is 0 Å². The molecular weight excluding hydrogens is 569 g/mol. The summed E-state index contributed by atoms with van der Waals surface area (Å²) >= 11 is 0. The number of aliphatic hydroxyl groups excluding tert-OH is 1. The number of phosphoric acid groups is 1. The second-order valence-electron chi connectivity index (χ2n) is 8.75. The quantitative estimate of drug-likeness (QED) is 0.184. The number of rotatable bonds is 13. The molecule has 3 aromatic rings. The maximum Gasteiger partial charge on any atom is 0.469 e. The van der Waals surface area contributed by atoms with Crippen LogP contribution >= 0.6 is 7.82 Å². The lowest BCUT2D eigenvalue weighted by atomic mass is 10.2. The van der Waals surface area contributed by atoms with Crippen molar-refractivity contribution in [3.8, 4) is 0 Å². The number of hydrogen-bond donors (Lipinski definition) is 5. The normalized spacial score (nSPS) is 12.9. The van der Waals surface area contributed by atoms with Crippen molar-refractivity contribution < 1.29 is 51.8 Å². The molecule has 3 rings (SSSR count). The molecule has 0 bridgehead atoms. The third-order valence-electron chi connectivity index (χ3n) is 5.65. The fourth-order valence-corrected chi connectivity index (χ4v) is 3.82. The van der Waals surface area contributed by atoms with Gasteiger partial charge in [-0.3, -0.25) is 9.84 Å². The monoisotopic (exact) mass is 598 g/mol. The molecule has 2 atom stereocenters. The minimum Gasteiger partial charge on any atom is -0.447 e. The molecule has 0 aliphatic heterocycles. The Morgan fingerprint density at radius 2 is 1.78 bits per heavy atom. The summed E-state index contributed by atoms with van der Waals surface area (Å²) in [5, 5.41) is 16.4. The Bertz CT molecular complexity index is 1390. The number of carbonyl (C=O) groups is 2. The molecule has 16 heteroatoms. The Labute approximate surface area is 233 Å². The molecule has 5 N–H and O–H groups in total. The van der Waals surface area contributed by atoms with Gasteiger partial charge in [0, 0.05) is 30.7 Å². The zero-order chi connectivity index (χ0) is 30.0. The van der Waals surface area contributed by atoms with Gasteiger partial charge in [0.25, 0.3) is 0 Å². The SMILES string of the molecule is CN(C(=O)NCc1cccc(F)c1F)[C@@H](COC[C@@H](O)COP(=O)(O)O)COC(=O)Nc1cc2ccccc2cn1. The molecule has 0 aliphatic carbocycles. The summed E-state index contributed by atoms with van der Waals surface area (Å²) in [6.45, 7) is -2.19. The lowest BCUT2D eigenvalue weighted by Crippen LogP contribution is -2.48. The Balaban J connectivity index is 1.60. The number of anilines is 1. The van der Waals surface area contributed by atoms with E-state index in [1.807, 2.05) is 24.3 Å². The number of carbonyl (C=O) groups excluding carboxylic acids is 2. The smallest absolute Gasteiger partial charge is 0.447 e. The Kier molecular flexibility index (Phi) is 11.5. The standard InChI is InChI=1S/C25H29F2N4O9P/c1-31(24(33)29-11-18-7-4-8-21(26)23(18)27)19(12-38-14-20(32)15-40-41(35,36)37)13-39-25(34)30-22-9-16-5-2-3-6-17(16)10-28-22/h2-10,19-20,32H,11-15H2,1H3,(H,29,33)(H,28,30,34)(H2,35,36,37)/t19-,20+/m0/s1. The van der Waals surface area contributed by atoms with E-state index in [1.165, 1.54) is 19.2 Å². The molecule has 0 saturated carbocycles. The fraction of sp³-hybridized carbons (Fsp3) is 0.320. The van der Waals surface area contributed by atoms with Crippen LogP contribution in [-0.2, 0) is 25.1 Å². The van der Waals surface area contributed by atoms with Crippen LogP contribution in [0.15, 0.2) is 54.7 Å². The summed E-state index contributed by atoms with van der Waals surface area (Å²) in [5.41, 5.74) is -0.0914. The summed E-state index contributed by atoms with van der Waals surface area (Å²) in [6, 6.07) is 10.8. The molecule has 2 aromatic carbocycles. The minimum atomic E-state index is -4.80. The van der Waals surface area contributed by atoms with Gasteiger partial charge in [0.2, 0.25) is 0 Å². The number of ether oxygens (including phenoxy) is 2. The first-order chi connectivity index (χ1) is 19.4. The number of hydrogen-bond acceptors (Lipinski definition) is 8. The molecule has 1 aromatic heterocycles. The Morgan fingerprint density at radius 1 is 1.05 bits per heavy atom. The highest BCUT2D eigenvalue weighted by Crippen LogP contribution is 2.35. The molecule has 0 saturated heterocycles. The zero-order valence-corrected chi connectivity index (χ0v) is 22.7. The van der Waals surface area contributed by atoms with E-state index in [4.69, 9.17) is 19.3 Å². The molecule has 0 radical (unpaired) electrons. The highest BCUT2D eigenvalue weighted by Gasteiger charge is 2.24. The predicted octanol–water partition coefficient (Wildman–Crippen LogP) is 2.76. The largest absolute Gasteiger partial charge is 0.469 e. The number of amides is 3. The number of halogens is 2. The van der Waals surface area contributed by atoms with Gasteiger partial charge in [-0.05, 0) is 17.5 Å². The Morgan fingerprint density at radius 3 is 2.51 bits per heavy atom. The minimum absolute atomic E-state index is 0.0914. The van der Waals surface area contributed by atoms with E-state index in [0.29, 0.717) is 0 Å². The number of likely N-dealkylation sites (N-methyl/N-ethyl adjacent to an activating group) is 1. The number of fused-ring (bicyclic) bond motifs is 1. The second-order valence-corrected chi connectivity index (χ2v) is 9.99. The summed E-state index contributed by atoms with van der Waals surface area (Å²) in [7, 11) is -3.46. The van der Waals surface area contributed by atoms with Crippen LogP contribution in [0.2, 0.25) is 0 Å². The highest BCUT2D eigenvalue weighted by molar-refractivity contribution is 7.46. The van der Waals surface area contributed by atoms with Crippen molar-refractivity contribution >= 4 is 36.5 Å². The van der Waals surface area contributed by atoms with Gasteiger partial charge >= 0.3 is 19.9 Å². The average Bonchev–Trinajstić information content (AvgIpc) is 2.93. The zero-order valence-electron chi connectivity index (χ0n) is 21.8. The molecule has 0 fully saturated rings. The molecular formula is C25H29F2N4O9P. The van der Waals surface area contributed by atoms with Crippen molar-refractivity contribution in [3.63, 3.8) is 0 Å². The third kappa shape index (κ3) is 10.3. The summed E-state index contributed by atoms with van der Waals surface area (Å²) in [5.74, 6) is -1.96. The van der Waals surface area contributed by atoms with Crippen molar-refractivity contribution in [3.05, 3.63) is 71.9 Å². The van der Waals surface area contributed by atoms with E-state index >= 15 is 0 Å². The summed E-state index contributed by atoms with van der Waals surface area (Å²) in [6.07, 6.45) is -0.729. The maximum absolute atomic E-state index is 14.0. The maximum atomic E-state index is 14.0. The van der Waals surface area contributed by atoms with Crippen LogP contribution in [-0.4, -0.2) is 82.5 Å². The fourth-order valence-electron chi connectivity index (χ4n) is 3.45. The first-order valence-corrected chi connectivity index (χ1v) is 13.6. The number of nitrogens with zero attached hydrogens (tertiary/aromatic N) is 2. The number of pyridine rings is 1. The third-order valence-corrected chi connectivity index (χ3v) is 6.14. The van der Waals surface area contributed by atoms with Crippen molar-refractivity contribution in [1.29, 1.82) is 0 Å². The van der Waals surface area contributed by atoms with E-state index < -0.39 is 63.5 Å². The van der Waals surface area contributed by atoms with Gasteiger partial charge in [-0.25, -0.2) is 27.9 Å². The lowest BCUT2D eigenvalue weighted by molar-refractivity contribution is -0.0153. The van der Waals surface area contributed by atoms with Gasteiger partial charge in [0.1, 0.15) is 18.5 Å². The van der Waals surface area contributed by atoms with E-state index in [1.54, 1.807) is 12.3 Å². The molecule has 3 amide bonds. The van der Waals surface area contributed by atoms with Gasteiger partial charge < -0.3 is 34.6 Å². The van der Waals surface area contributed by atoms with Crippen LogP contribution in [0, 0.1) is 11.6 Å². The van der Waals surface area contributed by atoms with Crippen molar-refractivity contribution in [2.45, 2.75) is 18.7 Å². The molecule has 0 unspecified atom stereocenters.